The maximum absolute atomic E-state index is 12.0. The molecule has 0 saturated heterocycles. The molecule has 4 nitrogen and oxygen atoms in total. The fraction of sp³-hybridized carbons (Fsp3) is 0.400. The molecule has 94 valence electrons. The standard InChI is InChI=1S/C10H12F3N3O/c1-16(8-3-5-15-6-7(8)14)9(17)2-4-10(11,12)13/h3,5-6H,2,4,14H2,1H3. The van der Waals surface area contributed by atoms with Crippen molar-refractivity contribution in [2.24, 2.45) is 0 Å². The Balaban J connectivity index is 2.68. The van der Waals surface area contributed by atoms with E-state index >= 15 is 0 Å². The average molecular weight is 247 g/mol. The van der Waals surface area contributed by atoms with Crippen LogP contribution in [0.5, 0.6) is 0 Å². The van der Waals surface area contributed by atoms with Crippen LogP contribution in [0.25, 0.3) is 0 Å². The number of alkyl halides is 3. The SMILES string of the molecule is CN(C(=O)CCC(F)(F)F)c1ccncc1N. The van der Waals surface area contributed by atoms with E-state index in [1.807, 2.05) is 0 Å². The number of carbonyl (C=O) groups excluding carboxylic acids is 1. The molecule has 0 fully saturated rings. The first kappa shape index (κ1) is 13.3. The monoisotopic (exact) mass is 247 g/mol. The van der Waals surface area contributed by atoms with Crippen LogP contribution in [0.15, 0.2) is 18.5 Å². The minimum Gasteiger partial charge on any atom is -0.396 e. The van der Waals surface area contributed by atoms with Gasteiger partial charge in [0.1, 0.15) is 0 Å². The number of nitrogens with two attached hydrogens (primary N) is 1. The topological polar surface area (TPSA) is 59.2 Å². The fourth-order valence-corrected chi connectivity index (χ4v) is 1.26. The Bertz CT molecular complexity index is 406. The van der Waals surface area contributed by atoms with Crippen molar-refractivity contribution in [2.45, 2.75) is 19.0 Å². The van der Waals surface area contributed by atoms with Crippen LogP contribution in [-0.2, 0) is 4.79 Å². The van der Waals surface area contributed by atoms with Crippen molar-refractivity contribution in [2.75, 3.05) is 17.7 Å². The maximum Gasteiger partial charge on any atom is 0.389 e. The second kappa shape index (κ2) is 5.03. The summed E-state index contributed by atoms with van der Waals surface area (Å²) in [6, 6.07) is 1.47. The third kappa shape index (κ3) is 3.93. The molecule has 7 heteroatoms. The Kier molecular flexibility index (Phi) is 3.93. The maximum atomic E-state index is 12.0. The summed E-state index contributed by atoms with van der Waals surface area (Å²) in [5.41, 5.74) is 6.16. The third-order valence-corrected chi connectivity index (χ3v) is 2.19. The Hall–Kier alpha value is -1.79. The van der Waals surface area contributed by atoms with E-state index in [9.17, 15) is 18.0 Å². The first-order chi connectivity index (χ1) is 7.81. The van der Waals surface area contributed by atoms with E-state index in [-0.39, 0.29) is 5.69 Å². The number of anilines is 2. The van der Waals surface area contributed by atoms with Crippen molar-refractivity contribution in [3.05, 3.63) is 18.5 Å². The molecular weight excluding hydrogens is 235 g/mol. The number of amides is 1. The predicted molar refractivity (Wildman–Crippen MR) is 57.3 cm³/mol. The van der Waals surface area contributed by atoms with Gasteiger partial charge in [-0.2, -0.15) is 13.2 Å². The molecule has 0 radical (unpaired) electrons. The summed E-state index contributed by atoms with van der Waals surface area (Å²) in [6.07, 6.45) is -3.31. The summed E-state index contributed by atoms with van der Waals surface area (Å²) in [5.74, 6) is -0.639. The van der Waals surface area contributed by atoms with Crippen LogP contribution < -0.4 is 10.6 Å². The molecule has 0 aromatic carbocycles. The third-order valence-electron chi connectivity index (χ3n) is 2.19. The van der Waals surface area contributed by atoms with E-state index in [0.717, 1.165) is 4.90 Å². The number of carbonyl (C=O) groups is 1. The summed E-state index contributed by atoms with van der Waals surface area (Å²) >= 11 is 0. The molecule has 1 aromatic rings. The van der Waals surface area contributed by atoms with E-state index in [1.165, 1.54) is 25.5 Å². The van der Waals surface area contributed by atoms with Crippen LogP contribution in [0.2, 0.25) is 0 Å². The molecule has 0 unspecified atom stereocenters. The molecule has 0 spiro atoms. The van der Waals surface area contributed by atoms with Crippen LogP contribution in [0.1, 0.15) is 12.8 Å². The number of rotatable bonds is 3. The largest absolute Gasteiger partial charge is 0.396 e. The highest BCUT2D eigenvalue weighted by Gasteiger charge is 2.29. The zero-order valence-corrected chi connectivity index (χ0v) is 9.16. The van der Waals surface area contributed by atoms with Crippen LogP contribution in [0.4, 0.5) is 24.5 Å². The van der Waals surface area contributed by atoms with Gasteiger partial charge in [-0.15, -0.1) is 0 Å². The van der Waals surface area contributed by atoms with Crippen molar-refractivity contribution < 1.29 is 18.0 Å². The van der Waals surface area contributed by atoms with Gasteiger partial charge < -0.3 is 10.6 Å². The van der Waals surface area contributed by atoms with Crippen LogP contribution in [0.3, 0.4) is 0 Å². The lowest BCUT2D eigenvalue weighted by Gasteiger charge is -2.19. The molecule has 2 N–H and O–H groups in total. The van der Waals surface area contributed by atoms with E-state index in [0.29, 0.717) is 5.69 Å². The number of hydrogen-bond donors (Lipinski definition) is 1. The molecule has 0 saturated carbocycles. The van der Waals surface area contributed by atoms with Gasteiger partial charge in [0, 0.05) is 19.7 Å². The average Bonchev–Trinajstić information content (AvgIpc) is 2.24. The van der Waals surface area contributed by atoms with Crippen LogP contribution in [0, 0.1) is 0 Å². The van der Waals surface area contributed by atoms with E-state index < -0.39 is 24.9 Å². The molecular formula is C10H12F3N3O. The lowest BCUT2D eigenvalue weighted by molar-refractivity contribution is -0.142. The zero-order chi connectivity index (χ0) is 13.1. The molecule has 1 heterocycles. The molecule has 0 atom stereocenters. The number of nitrogens with zero attached hydrogens (tertiary/aromatic N) is 2. The highest BCUT2D eigenvalue weighted by Crippen LogP contribution is 2.24. The van der Waals surface area contributed by atoms with E-state index in [2.05, 4.69) is 4.98 Å². The molecule has 1 amide bonds. The molecule has 0 aliphatic rings. The first-order valence-corrected chi connectivity index (χ1v) is 4.84. The highest BCUT2D eigenvalue weighted by atomic mass is 19.4. The Labute approximate surface area is 96.2 Å². The van der Waals surface area contributed by atoms with Crippen molar-refractivity contribution in [1.82, 2.24) is 4.98 Å². The van der Waals surface area contributed by atoms with Gasteiger partial charge in [0.05, 0.1) is 24.0 Å². The highest BCUT2D eigenvalue weighted by molar-refractivity contribution is 5.95. The van der Waals surface area contributed by atoms with Gasteiger partial charge >= 0.3 is 6.18 Å². The Morgan fingerprint density at radius 2 is 2.18 bits per heavy atom. The molecule has 1 rings (SSSR count). The van der Waals surface area contributed by atoms with Crippen molar-refractivity contribution >= 4 is 17.3 Å². The summed E-state index contributed by atoms with van der Waals surface area (Å²) in [6.45, 7) is 0. The van der Waals surface area contributed by atoms with Crippen LogP contribution in [-0.4, -0.2) is 24.1 Å². The quantitative estimate of drug-likeness (QED) is 0.888. The van der Waals surface area contributed by atoms with Crippen molar-refractivity contribution in [3.63, 3.8) is 0 Å². The molecule has 0 aliphatic carbocycles. The predicted octanol–water partition coefficient (Wildman–Crippen LogP) is 1.97. The molecule has 0 aliphatic heterocycles. The normalized spacial score (nSPS) is 11.3. The summed E-state index contributed by atoms with van der Waals surface area (Å²) < 4.78 is 35.9. The molecule has 17 heavy (non-hydrogen) atoms. The number of hydrogen-bond acceptors (Lipinski definition) is 3. The number of aromatic nitrogens is 1. The van der Waals surface area contributed by atoms with Gasteiger partial charge in [0.2, 0.25) is 5.91 Å². The van der Waals surface area contributed by atoms with Crippen molar-refractivity contribution in [3.8, 4) is 0 Å². The summed E-state index contributed by atoms with van der Waals surface area (Å²) in [5, 5.41) is 0. The van der Waals surface area contributed by atoms with Gasteiger partial charge in [0.25, 0.3) is 0 Å². The fourth-order valence-electron chi connectivity index (χ4n) is 1.26. The van der Waals surface area contributed by atoms with E-state index in [4.69, 9.17) is 5.73 Å². The number of pyridine rings is 1. The van der Waals surface area contributed by atoms with Crippen LogP contribution >= 0.6 is 0 Å². The minimum atomic E-state index is -4.33. The zero-order valence-electron chi connectivity index (χ0n) is 9.16. The minimum absolute atomic E-state index is 0.246. The Morgan fingerprint density at radius 1 is 1.53 bits per heavy atom. The smallest absolute Gasteiger partial charge is 0.389 e. The summed E-state index contributed by atoms with van der Waals surface area (Å²) in [4.78, 5) is 16.3. The summed E-state index contributed by atoms with van der Waals surface area (Å²) in [7, 11) is 1.38. The van der Waals surface area contributed by atoms with Gasteiger partial charge in [0.15, 0.2) is 0 Å². The van der Waals surface area contributed by atoms with Gasteiger partial charge in [-0.1, -0.05) is 0 Å². The second-order valence-corrected chi connectivity index (χ2v) is 3.50. The van der Waals surface area contributed by atoms with Gasteiger partial charge in [-0.3, -0.25) is 9.78 Å². The second-order valence-electron chi connectivity index (χ2n) is 3.50. The lowest BCUT2D eigenvalue weighted by atomic mass is 10.2. The number of halogens is 3. The Morgan fingerprint density at radius 3 is 2.71 bits per heavy atom. The van der Waals surface area contributed by atoms with Gasteiger partial charge in [-0.25, -0.2) is 0 Å². The molecule has 0 bridgehead atoms. The first-order valence-electron chi connectivity index (χ1n) is 4.84. The number of nitrogen functional groups attached to an aromatic ring is 1. The van der Waals surface area contributed by atoms with Crippen molar-refractivity contribution in [1.29, 1.82) is 0 Å². The van der Waals surface area contributed by atoms with E-state index in [1.54, 1.807) is 0 Å². The lowest BCUT2D eigenvalue weighted by Crippen LogP contribution is -2.28. The van der Waals surface area contributed by atoms with Gasteiger partial charge in [-0.05, 0) is 6.07 Å². The molecule has 1 aromatic heterocycles.